The minimum atomic E-state index is -0.960. The van der Waals surface area contributed by atoms with E-state index in [4.69, 9.17) is 4.74 Å². The number of aliphatic hydroxyl groups excluding tert-OH is 1. The predicted octanol–water partition coefficient (Wildman–Crippen LogP) is 5.77. The molecule has 0 aromatic heterocycles. The van der Waals surface area contributed by atoms with Crippen molar-refractivity contribution in [3.8, 4) is 0 Å². The van der Waals surface area contributed by atoms with Gasteiger partial charge in [0.25, 0.3) is 0 Å². The van der Waals surface area contributed by atoms with Crippen molar-refractivity contribution >= 4 is 0 Å². The van der Waals surface area contributed by atoms with Gasteiger partial charge in [0.05, 0.1) is 12.6 Å². The summed E-state index contributed by atoms with van der Waals surface area (Å²) >= 11 is 0. The molecule has 1 aliphatic heterocycles. The Hall–Kier alpha value is -2.62. The molecule has 152 valence electrons. The number of ether oxygens (including phenoxy) is 1. The van der Waals surface area contributed by atoms with Crippen LogP contribution in [0.15, 0.2) is 85.1 Å². The lowest BCUT2D eigenvalue weighted by molar-refractivity contribution is -0.137. The Morgan fingerprint density at radius 2 is 1.86 bits per heavy atom. The molecule has 0 amide bonds. The molecular weight excluding hydrogens is 358 g/mol. The highest BCUT2D eigenvalue weighted by Gasteiger charge is 2.34. The summed E-state index contributed by atoms with van der Waals surface area (Å²) in [6.45, 7) is 10.8. The SMILES string of the molecule is C=C1C=CN(C(c2ccccc2)C(O)OC/C=C/C)C(c2cc(C)cc(C)c2)C1. The zero-order chi connectivity index (χ0) is 20.8. The minimum Gasteiger partial charge on any atom is -0.366 e. The van der Waals surface area contributed by atoms with Crippen molar-refractivity contribution in [1.29, 1.82) is 0 Å². The largest absolute Gasteiger partial charge is 0.366 e. The maximum absolute atomic E-state index is 11.0. The first-order valence-electron chi connectivity index (χ1n) is 10.2. The van der Waals surface area contributed by atoms with Gasteiger partial charge < -0.3 is 14.7 Å². The van der Waals surface area contributed by atoms with Gasteiger partial charge in [-0.3, -0.25) is 0 Å². The molecule has 0 saturated carbocycles. The average Bonchev–Trinajstić information content (AvgIpc) is 2.69. The van der Waals surface area contributed by atoms with Crippen LogP contribution in [0.3, 0.4) is 0 Å². The zero-order valence-electron chi connectivity index (χ0n) is 17.6. The lowest BCUT2D eigenvalue weighted by Crippen LogP contribution is -2.38. The summed E-state index contributed by atoms with van der Waals surface area (Å²) in [5.74, 6) is 0. The van der Waals surface area contributed by atoms with E-state index in [9.17, 15) is 5.11 Å². The highest BCUT2D eigenvalue weighted by Crippen LogP contribution is 2.40. The summed E-state index contributed by atoms with van der Waals surface area (Å²) in [6.07, 6.45) is 7.76. The normalized spacial score (nSPS) is 19.0. The van der Waals surface area contributed by atoms with E-state index in [-0.39, 0.29) is 12.1 Å². The van der Waals surface area contributed by atoms with Crippen LogP contribution in [0.25, 0.3) is 0 Å². The van der Waals surface area contributed by atoms with Crippen LogP contribution in [0, 0.1) is 13.8 Å². The fourth-order valence-corrected chi connectivity index (χ4v) is 3.97. The Labute approximate surface area is 174 Å². The molecule has 2 aromatic rings. The van der Waals surface area contributed by atoms with E-state index in [1.807, 2.05) is 61.7 Å². The van der Waals surface area contributed by atoms with Gasteiger partial charge in [-0.1, -0.05) is 84.0 Å². The van der Waals surface area contributed by atoms with Crippen LogP contribution in [0.2, 0.25) is 0 Å². The van der Waals surface area contributed by atoms with Crippen molar-refractivity contribution in [2.75, 3.05) is 6.61 Å². The third kappa shape index (κ3) is 5.26. The second kappa shape index (κ2) is 9.73. The van der Waals surface area contributed by atoms with Crippen molar-refractivity contribution in [2.45, 2.75) is 45.6 Å². The molecule has 3 unspecified atom stereocenters. The molecule has 3 rings (SSSR count). The Balaban J connectivity index is 2.02. The first-order chi connectivity index (χ1) is 14.0. The molecular formula is C26H31NO2. The zero-order valence-corrected chi connectivity index (χ0v) is 17.6. The van der Waals surface area contributed by atoms with Gasteiger partial charge in [0.1, 0.15) is 6.04 Å². The van der Waals surface area contributed by atoms with E-state index >= 15 is 0 Å². The van der Waals surface area contributed by atoms with Crippen LogP contribution in [0.5, 0.6) is 0 Å². The Morgan fingerprint density at radius 3 is 2.52 bits per heavy atom. The summed E-state index contributed by atoms with van der Waals surface area (Å²) in [7, 11) is 0. The number of hydrogen-bond donors (Lipinski definition) is 1. The first kappa shape index (κ1) is 21.1. The van der Waals surface area contributed by atoms with Crippen LogP contribution >= 0.6 is 0 Å². The summed E-state index contributed by atoms with van der Waals surface area (Å²) in [4.78, 5) is 2.22. The first-order valence-corrected chi connectivity index (χ1v) is 10.2. The fraction of sp³-hybridized carbons (Fsp3) is 0.308. The van der Waals surface area contributed by atoms with E-state index in [1.165, 1.54) is 16.7 Å². The molecule has 1 aliphatic rings. The van der Waals surface area contributed by atoms with Crippen LogP contribution < -0.4 is 0 Å². The van der Waals surface area contributed by atoms with Crippen molar-refractivity contribution in [2.24, 2.45) is 0 Å². The van der Waals surface area contributed by atoms with Crippen molar-refractivity contribution < 1.29 is 9.84 Å². The number of nitrogens with zero attached hydrogens (tertiary/aromatic N) is 1. The van der Waals surface area contributed by atoms with Crippen LogP contribution in [-0.2, 0) is 4.74 Å². The van der Waals surface area contributed by atoms with Gasteiger partial charge >= 0.3 is 0 Å². The van der Waals surface area contributed by atoms with E-state index in [2.05, 4.69) is 43.5 Å². The standard InChI is InChI=1S/C26H31NO2/c1-5-6-14-29-26(28)25(22-10-8-7-9-11-22)27-13-12-19(2)18-24(27)23-16-20(3)15-21(4)17-23/h5-13,15-17,24-26,28H,2,14,18H2,1,3-4H3/b6-5+. The number of rotatable bonds is 7. The molecule has 0 saturated heterocycles. The van der Waals surface area contributed by atoms with Gasteiger partial charge in [-0.2, -0.15) is 0 Å². The molecule has 1 N–H and O–H groups in total. The van der Waals surface area contributed by atoms with Crippen LogP contribution in [0.4, 0.5) is 0 Å². The molecule has 1 heterocycles. The lowest BCUT2D eigenvalue weighted by atomic mass is 9.90. The monoisotopic (exact) mass is 389 g/mol. The summed E-state index contributed by atoms with van der Waals surface area (Å²) in [5, 5.41) is 11.0. The molecule has 3 nitrogen and oxygen atoms in total. The smallest absolute Gasteiger partial charge is 0.179 e. The quantitative estimate of drug-likeness (QED) is 0.482. The van der Waals surface area contributed by atoms with Gasteiger partial charge in [0.2, 0.25) is 0 Å². The topological polar surface area (TPSA) is 32.7 Å². The van der Waals surface area contributed by atoms with E-state index in [1.54, 1.807) is 0 Å². The number of aryl methyl sites for hydroxylation is 2. The van der Waals surface area contributed by atoms with Gasteiger partial charge in [-0.25, -0.2) is 0 Å². The number of hydrogen-bond acceptors (Lipinski definition) is 3. The number of allylic oxidation sites excluding steroid dienone is 2. The van der Waals surface area contributed by atoms with Crippen LogP contribution in [0.1, 0.15) is 47.7 Å². The number of benzene rings is 2. The van der Waals surface area contributed by atoms with Gasteiger partial charge in [0, 0.05) is 6.20 Å². The lowest BCUT2D eigenvalue weighted by Gasteiger charge is -2.42. The second-order valence-corrected chi connectivity index (χ2v) is 7.71. The number of aliphatic hydroxyl groups is 1. The summed E-state index contributed by atoms with van der Waals surface area (Å²) in [5.41, 5.74) is 5.81. The summed E-state index contributed by atoms with van der Waals surface area (Å²) < 4.78 is 5.78. The molecule has 0 radical (unpaired) electrons. The second-order valence-electron chi connectivity index (χ2n) is 7.71. The molecule has 0 fully saturated rings. The average molecular weight is 390 g/mol. The maximum atomic E-state index is 11.0. The highest BCUT2D eigenvalue weighted by molar-refractivity contribution is 5.35. The fourth-order valence-electron chi connectivity index (χ4n) is 3.97. The third-order valence-electron chi connectivity index (χ3n) is 5.26. The van der Waals surface area contributed by atoms with Crippen LogP contribution in [-0.4, -0.2) is 22.9 Å². The molecule has 29 heavy (non-hydrogen) atoms. The molecule has 3 heteroatoms. The molecule has 0 aliphatic carbocycles. The van der Waals surface area contributed by atoms with E-state index < -0.39 is 6.29 Å². The Bertz CT molecular complexity index is 865. The molecule has 0 bridgehead atoms. The van der Waals surface area contributed by atoms with E-state index in [0.29, 0.717) is 6.61 Å². The Kier molecular flexibility index (Phi) is 7.08. The molecule has 0 spiro atoms. The van der Waals surface area contributed by atoms with Crippen molar-refractivity contribution in [1.82, 2.24) is 4.90 Å². The third-order valence-corrected chi connectivity index (χ3v) is 5.26. The van der Waals surface area contributed by atoms with Gasteiger partial charge in [-0.05, 0) is 44.4 Å². The minimum absolute atomic E-state index is 0.0799. The summed E-state index contributed by atoms with van der Waals surface area (Å²) in [6, 6.07) is 16.5. The Morgan fingerprint density at radius 1 is 1.17 bits per heavy atom. The van der Waals surface area contributed by atoms with Gasteiger partial charge in [0.15, 0.2) is 6.29 Å². The van der Waals surface area contributed by atoms with E-state index in [0.717, 1.165) is 17.6 Å². The predicted molar refractivity (Wildman–Crippen MR) is 119 cm³/mol. The van der Waals surface area contributed by atoms with Crippen molar-refractivity contribution in [3.05, 3.63) is 107 Å². The maximum Gasteiger partial charge on any atom is 0.179 e. The van der Waals surface area contributed by atoms with Crippen molar-refractivity contribution in [3.63, 3.8) is 0 Å². The highest BCUT2D eigenvalue weighted by atomic mass is 16.6. The molecule has 3 atom stereocenters. The molecule has 2 aromatic carbocycles. The van der Waals surface area contributed by atoms with Gasteiger partial charge in [-0.15, -0.1) is 0 Å².